The lowest BCUT2D eigenvalue weighted by molar-refractivity contribution is -0.119. The highest BCUT2D eigenvalue weighted by molar-refractivity contribution is 8.01. The summed E-state index contributed by atoms with van der Waals surface area (Å²) in [6.45, 7) is 8.38. The molecule has 0 saturated heterocycles. The predicted molar refractivity (Wildman–Crippen MR) is 73.1 cm³/mol. The first-order chi connectivity index (χ1) is 7.38. The summed E-state index contributed by atoms with van der Waals surface area (Å²) in [5, 5.41) is 5.04. The highest BCUT2D eigenvalue weighted by Crippen LogP contribution is 2.23. The molecule has 1 amide bonds. The molecule has 1 N–H and O–H groups in total. The maximum Gasteiger partial charge on any atom is 0.230 e. The summed E-state index contributed by atoms with van der Waals surface area (Å²) in [7, 11) is 0. The van der Waals surface area contributed by atoms with Crippen molar-refractivity contribution in [2.24, 2.45) is 0 Å². The van der Waals surface area contributed by atoms with Gasteiger partial charge in [0.15, 0.2) is 0 Å². The quantitative estimate of drug-likeness (QED) is 0.895. The topological polar surface area (TPSA) is 29.1 Å². The van der Waals surface area contributed by atoms with Gasteiger partial charge >= 0.3 is 0 Å². The lowest BCUT2D eigenvalue weighted by Gasteiger charge is -2.18. The number of carbonyl (C=O) groups excluding carboxylic acids is 1. The largest absolute Gasteiger partial charge is 0.348 e. The van der Waals surface area contributed by atoms with Crippen molar-refractivity contribution in [3.8, 4) is 0 Å². The SMILES string of the molecule is CC(NC(=O)CSC(C)(C)C)c1cccs1. The van der Waals surface area contributed by atoms with Gasteiger partial charge in [0.25, 0.3) is 0 Å². The van der Waals surface area contributed by atoms with Gasteiger partial charge in [0, 0.05) is 9.62 Å². The van der Waals surface area contributed by atoms with Gasteiger partial charge in [-0.25, -0.2) is 0 Å². The zero-order chi connectivity index (χ0) is 12.2. The van der Waals surface area contributed by atoms with Crippen molar-refractivity contribution in [1.29, 1.82) is 0 Å². The van der Waals surface area contributed by atoms with Crippen LogP contribution in [-0.2, 0) is 4.79 Å². The van der Waals surface area contributed by atoms with E-state index in [-0.39, 0.29) is 16.7 Å². The Hall–Kier alpha value is -0.480. The molecular weight excluding hydrogens is 238 g/mol. The van der Waals surface area contributed by atoms with E-state index in [2.05, 4.69) is 26.1 Å². The van der Waals surface area contributed by atoms with Gasteiger partial charge in [0.05, 0.1) is 11.8 Å². The minimum absolute atomic E-state index is 0.112. The standard InChI is InChI=1S/C12H19NOS2/c1-9(10-6-5-7-15-10)13-11(14)8-16-12(2,3)4/h5-7,9H,8H2,1-4H3,(H,13,14). The van der Waals surface area contributed by atoms with Crippen LogP contribution in [0.2, 0.25) is 0 Å². The molecule has 16 heavy (non-hydrogen) atoms. The van der Waals surface area contributed by atoms with Crippen LogP contribution in [0.5, 0.6) is 0 Å². The molecule has 1 aromatic heterocycles. The Morgan fingerprint density at radius 3 is 2.75 bits per heavy atom. The molecule has 0 aliphatic rings. The van der Waals surface area contributed by atoms with Gasteiger partial charge in [0.2, 0.25) is 5.91 Å². The normalized spacial score (nSPS) is 13.5. The molecule has 0 aromatic carbocycles. The van der Waals surface area contributed by atoms with Gasteiger partial charge in [0.1, 0.15) is 0 Å². The molecule has 0 aliphatic heterocycles. The minimum Gasteiger partial charge on any atom is -0.348 e. The lowest BCUT2D eigenvalue weighted by atomic mass is 10.3. The summed E-state index contributed by atoms with van der Waals surface area (Å²) in [4.78, 5) is 12.9. The number of rotatable bonds is 4. The monoisotopic (exact) mass is 257 g/mol. The van der Waals surface area contributed by atoms with Crippen molar-refractivity contribution >= 4 is 29.0 Å². The maximum absolute atomic E-state index is 11.7. The van der Waals surface area contributed by atoms with Crippen LogP contribution in [0, 0.1) is 0 Å². The Kier molecular flexibility index (Phi) is 4.87. The molecule has 4 heteroatoms. The average molecular weight is 257 g/mol. The van der Waals surface area contributed by atoms with E-state index in [1.54, 1.807) is 23.1 Å². The first kappa shape index (κ1) is 13.6. The number of nitrogens with one attached hydrogen (secondary N) is 1. The highest BCUT2D eigenvalue weighted by atomic mass is 32.2. The molecule has 0 spiro atoms. The van der Waals surface area contributed by atoms with Crippen molar-refractivity contribution < 1.29 is 4.79 Å². The van der Waals surface area contributed by atoms with Crippen LogP contribution in [0.15, 0.2) is 17.5 Å². The van der Waals surface area contributed by atoms with Crippen molar-refractivity contribution in [1.82, 2.24) is 5.32 Å². The van der Waals surface area contributed by atoms with Gasteiger partial charge in [-0.15, -0.1) is 23.1 Å². The van der Waals surface area contributed by atoms with Crippen molar-refractivity contribution in [2.75, 3.05) is 5.75 Å². The minimum atomic E-state index is 0.112. The van der Waals surface area contributed by atoms with Gasteiger partial charge < -0.3 is 5.32 Å². The third-order valence-corrected chi connectivity index (χ3v) is 4.31. The van der Waals surface area contributed by atoms with E-state index in [0.717, 1.165) is 0 Å². The molecule has 0 saturated carbocycles. The second-order valence-electron chi connectivity index (χ2n) is 4.71. The Balaban J connectivity index is 2.35. The van der Waals surface area contributed by atoms with Crippen molar-refractivity contribution in [2.45, 2.75) is 38.5 Å². The fraction of sp³-hybridized carbons (Fsp3) is 0.583. The lowest BCUT2D eigenvalue weighted by Crippen LogP contribution is -2.29. The van der Waals surface area contributed by atoms with E-state index in [1.165, 1.54) is 4.88 Å². The molecule has 1 heterocycles. The van der Waals surface area contributed by atoms with E-state index in [1.807, 2.05) is 24.4 Å². The average Bonchev–Trinajstić information content (AvgIpc) is 2.66. The first-order valence-corrected chi connectivity index (χ1v) is 7.22. The molecule has 2 nitrogen and oxygen atoms in total. The summed E-state index contributed by atoms with van der Waals surface area (Å²) in [5.74, 6) is 0.639. The fourth-order valence-corrected chi connectivity index (χ4v) is 2.56. The number of hydrogen-bond acceptors (Lipinski definition) is 3. The summed E-state index contributed by atoms with van der Waals surface area (Å²) in [6.07, 6.45) is 0. The van der Waals surface area contributed by atoms with Crippen LogP contribution in [0.3, 0.4) is 0 Å². The van der Waals surface area contributed by atoms with Gasteiger partial charge in [-0.3, -0.25) is 4.79 Å². The Morgan fingerprint density at radius 2 is 2.25 bits per heavy atom. The fourth-order valence-electron chi connectivity index (χ4n) is 1.17. The zero-order valence-electron chi connectivity index (χ0n) is 10.2. The first-order valence-electron chi connectivity index (χ1n) is 5.35. The van der Waals surface area contributed by atoms with E-state index < -0.39 is 0 Å². The third kappa shape index (κ3) is 5.03. The second kappa shape index (κ2) is 5.73. The van der Waals surface area contributed by atoms with Gasteiger partial charge in [-0.05, 0) is 18.4 Å². The van der Waals surface area contributed by atoms with Crippen LogP contribution in [0.1, 0.15) is 38.6 Å². The number of thiophene rings is 1. The Bertz CT molecular complexity index is 327. The molecule has 1 unspecified atom stereocenters. The summed E-state index contributed by atoms with van der Waals surface area (Å²) >= 11 is 3.35. The number of carbonyl (C=O) groups is 1. The van der Waals surface area contributed by atoms with Gasteiger partial charge in [-0.1, -0.05) is 26.8 Å². The molecule has 1 rings (SSSR count). The van der Waals surface area contributed by atoms with E-state index >= 15 is 0 Å². The third-order valence-electron chi connectivity index (χ3n) is 1.98. The molecule has 0 radical (unpaired) electrons. The van der Waals surface area contributed by atoms with Crippen molar-refractivity contribution in [3.63, 3.8) is 0 Å². The number of thioether (sulfide) groups is 1. The van der Waals surface area contributed by atoms with Crippen LogP contribution < -0.4 is 5.32 Å². The zero-order valence-corrected chi connectivity index (χ0v) is 11.9. The molecule has 0 fully saturated rings. The molecule has 0 aliphatic carbocycles. The Morgan fingerprint density at radius 1 is 1.56 bits per heavy atom. The Labute approximate surface area is 106 Å². The number of hydrogen-bond donors (Lipinski definition) is 1. The molecule has 1 aromatic rings. The van der Waals surface area contributed by atoms with Crippen molar-refractivity contribution in [3.05, 3.63) is 22.4 Å². The molecule has 1 atom stereocenters. The van der Waals surface area contributed by atoms with E-state index in [9.17, 15) is 4.79 Å². The smallest absolute Gasteiger partial charge is 0.230 e. The predicted octanol–water partition coefficient (Wildman–Crippen LogP) is 3.46. The van der Waals surface area contributed by atoms with Crippen LogP contribution in [0.4, 0.5) is 0 Å². The van der Waals surface area contributed by atoms with Crippen LogP contribution >= 0.6 is 23.1 Å². The number of amides is 1. The molecule has 0 bridgehead atoms. The van der Waals surface area contributed by atoms with E-state index in [0.29, 0.717) is 5.75 Å². The molecular formula is C12H19NOS2. The molecule has 90 valence electrons. The summed E-state index contributed by atoms with van der Waals surface area (Å²) in [6, 6.07) is 4.17. The highest BCUT2D eigenvalue weighted by Gasteiger charge is 2.15. The maximum atomic E-state index is 11.7. The van der Waals surface area contributed by atoms with Crippen LogP contribution in [-0.4, -0.2) is 16.4 Å². The summed E-state index contributed by atoms with van der Waals surface area (Å²) < 4.78 is 0.142. The van der Waals surface area contributed by atoms with Gasteiger partial charge in [-0.2, -0.15) is 0 Å². The van der Waals surface area contributed by atoms with Crippen LogP contribution in [0.25, 0.3) is 0 Å². The second-order valence-corrected chi connectivity index (χ2v) is 7.49. The summed E-state index contributed by atoms with van der Waals surface area (Å²) in [5.41, 5.74) is 0. The van der Waals surface area contributed by atoms with E-state index in [4.69, 9.17) is 0 Å².